The van der Waals surface area contributed by atoms with Crippen LogP contribution in [0.2, 0.25) is 0 Å². The lowest BCUT2D eigenvalue weighted by atomic mass is 10.1. The molecule has 0 unspecified atom stereocenters. The first kappa shape index (κ1) is 21.4. The molecular formula is C24H19FN2O4. The first-order valence-corrected chi connectivity index (χ1v) is 9.26. The zero-order valence-corrected chi connectivity index (χ0v) is 16.6. The normalized spacial score (nSPS) is 10.8. The van der Waals surface area contributed by atoms with Crippen LogP contribution in [0, 0.1) is 17.1 Å². The molecule has 0 saturated carbocycles. The summed E-state index contributed by atoms with van der Waals surface area (Å²) in [6.07, 6.45) is 1.38. The van der Waals surface area contributed by atoms with Gasteiger partial charge in [-0.25, -0.2) is 4.39 Å². The zero-order chi connectivity index (χ0) is 22.2. The number of carbonyl (C=O) groups is 1. The lowest BCUT2D eigenvalue weighted by molar-refractivity contribution is -0.112. The Hall–Kier alpha value is -4.31. The highest BCUT2D eigenvalue weighted by Gasteiger charge is 2.13. The molecule has 0 atom stereocenters. The molecule has 0 heterocycles. The molecule has 3 rings (SSSR count). The molecule has 1 amide bonds. The number of phenolic OH excluding ortho intramolecular Hbond substituents is 1. The lowest BCUT2D eigenvalue weighted by Gasteiger charge is -2.12. The van der Waals surface area contributed by atoms with Crippen molar-refractivity contribution in [2.75, 3.05) is 12.4 Å². The molecule has 0 aliphatic heterocycles. The van der Waals surface area contributed by atoms with Crippen molar-refractivity contribution in [3.8, 4) is 23.3 Å². The number of amides is 1. The average molecular weight is 418 g/mol. The van der Waals surface area contributed by atoms with Gasteiger partial charge in [-0.15, -0.1) is 0 Å². The van der Waals surface area contributed by atoms with Crippen molar-refractivity contribution in [3.63, 3.8) is 0 Å². The van der Waals surface area contributed by atoms with Gasteiger partial charge in [-0.1, -0.05) is 18.2 Å². The second kappa shape index (κ2) is 9.94. The molecule has 2 N–H and O–H groups in total. The van der Waals surface area contributed by atoms with E-state index in [-0.39, 0.29) is 17.9 Å². The van der Waals surface area contributed by atoms with E-state index < -0.39 is 11.7 Å². The first-order chi connectivity index (χ1) is 15.0. The fourth-order valence-electron chi connectivity index (χ4n) is 2.70. The van der Waals surface area contributed by atoms with Gasteiger partial charge in [0.15, 0.2) is 0 Å². The highest BCUT2D eigenvalue weighted by Crippen LogP contribution is 2.28. The van der Waals surface area contributed by atoms with E-state index in [1.54, 1.807) is 36.4 Å². The van der Waals surface area contributed by atoms with Crippen LogP contribution in [-0.2, 0) is 11.4 Å². The summed E-state index contributed by atoms with van der Waals surface area (Å²) in [5.41, 5.74) is 1.09. The van der Waals surface area contributed by atoms with Crippen molar-refractivity contribution in [1.82, 2.24) is 0 Å². The molecule has 6 nitrogen and oxygen atoms in total. The number of nitrogens with one attached hydrogen (secondary N) is 1. The maximum atomic E-state index is 13.9. The third-order valence-electron chi connectivity index (χ3n) is 4.35. The van der Waals surface area contributed by atoms with Gasteiger partial charge in [0.2, 0.25) is 0 Å². The van der Waals surface area contributed by atoms with E-state index in [0.717, 1.165) is 0 Å². The maximum Gasteiger partial charge on any atom is 0.266 e. The Labute approximate surface area is 178 Å². The number of hydrogen-bond acceptors (Lipinski definition) is 5. The van der Waals surface area contributed by atoms with Crippen LogP contribution in [0.1, 0.15) is 11.1 Å². The Morgan fingerprint density at radius 1 is 1.16 bits per heavy atom. The minimum absolute atomic E-state index is 0.0394. The number of nitriles is 1. The molecule has 0 spiro atoms. The fourth-order valence-corrected chi connectivity index (χ4v) is 2.70. The summed E-state index contributed by atoms with van der Waals surface area (Å²) >= 11 is 0. The third-order valence-corrected chi connectivity index (χ3v) is 4.35. The van der Waals surface area contributed by atoms with Gasteiger partial charge < -0.3 is 19.9 Å². The average Bonchev–Trinajstić information content (AvgIpc) is 2.78. The van der Waals surface area contributed by atoms with Crippen molar-refractivity contribution in [3.05, 3.63) is 89.2 Å². The molecule has 0 bridgehead atoms. The van der Waals surface area contributed by atoms with E-state index >= 15 is 0 Å². The Morgan fingerprint density at radius 2 is 1.90 bits per heavy atom. The van der Waals surface area contributed by atoms with Crippen LogP contribution in [0.15, 0.2) is 72.3 Å². The van der Waals surface area contributed by atoms with Crippen LogP contribution >= 0.6 is 0 Å². The van der Waals surface area contributed by atoms with E-state index in [9.17, 15) is 19.6 Å². The molecule has 0 radical (unpaired) electrons. The Bertz CT molecular complexity index is 1150. The van der Waals surface area contributed by atoms with Gasteiger partial charge in [-0.05, 0) is 48.5 Å². The molecular weight excluding hydrogens is 399 g/mol. The number of nitrogens with zero attached hydrogens (tertiary/aromatic N) is 1. The van der Waals surface area contributed by atoms with E-state index in [4.69, 9.17) is 9.47 Å². The number of halogens is 1. The fraction of sp³-hybridized carbons (Fsp3) is 0.0833. The standard InChI is InChI=1S/C24H19FN2O4/c1-30-21-11-6-16(23(13-21)31-15-17-4-2-3-5-22(17)25)12-18(14-26)24(29)27-19-7-9-20(28)10-8-19/h2-13,28H,15H2,1H3,(H,27,29)/b18-12+. The number of ether oxygens (including phenoxy) is 2. The first-order valence-electron chi connectivity index (χ1n) is 9.26. The SMILES string of the molecule is COc1ccc(/C=C(\C#N)C(=O)Nc2ccc(O)cc2)c(OCc2ccccc2F)c1. The summed E-state index contributed by atoms with van der Waals surface area (Å²) < 4.78 is 24.9. The topological polar surface area (TPSA) is 91.6 Å². The number of methoxy groups -OCH3 is 1. The molecule has 0 fully saturated rings. The summed E-state index contributed by atoms with van der Waals surface area (Å²) in [6.45, 7) is -0.0394. The molecule has 3 aromatic carbocycles. The lowest BCUT2D eigenvalue weighted by Crippen LogP contribution is -2.13. The smallest absolute Gasteiger partial charge is 0.266 e. The predicted molar refractivity (Wildman–Crippen MR) is 114 cm³/mol. The Morgan fingerprint density at radius 3 is 2.58 bits per heavy atom. The van der Waals surface area contributed by atoms with Gasteiger partial charge in [-0.2, -0.15) is 5.26 Å². The molecule has 156 valence electrons. The molecule has 0 saturated heterocycles. The Balaban J connectivity index is 1.86. The van der Waals surface area contributed by atoms with E-state index in [1.165, 1.54) is 43.5 Å². The number of rotatable bonds is 7. The van der Waals surface area contributed by atoms with Gasteiger partial charge in [0.25, 0.3) is 5.91 Å². The number of anilines is 1. The highest BCUT2D eigenvalue weighted by molar-refractivity contribution is 6.09. The van der Waals surface area contributed by atoms with Crippen LogP contribution < -0.4 is 14.8 Å². The van der Waals surface area contributed by atoms with Gasteiger partial charge in [0, 0.05) is 22.9 Å². The van der Waals surface area contributed by atoms with Crippen molar-refractivity contribution in [2.45, 2.75) is 6.61 Å². The van der Waals surface area contributed by atoms with Crippen LogP contribution in [0.3, 0.4) is 0 Å². The van der Waals surface area contributed by atoms with Crippen molar-refractivity contribution in [2.24, 2.45) is 0 Å². The van der Waals surface area contributed by atoms with Gasteiger partial charge in [-0.3, -0.25) is 4.79 Å². The second-order valence-electron chi connectivity index (χ2n) is 6.45. The molecule has 0 aromatic heterocycles. The van der Waals surface area contributed by atoms with Crippen LogP contribution in [0.25, 0.3) is 6.08 Å². The van der Waals surface area contributed by atoms with Gasteiger partial charge >= 0.3 is 0 Å². The van der Waals surface area contributed by atoms with Gasteiger partial charge in [0.05, 0.1) is 7.11 Å². The summed E-state index contributed by atoms with van der Waals surface area (Å²) in [4.78, 5) is 12.5. The maximum absolute atomic E-state index is 13.9. The van der Waals surface area contributed by atoms with Crippen LogP contribution in [0.4, 0.5) is 10.1 Å². The molecule has 0 aliphatic rings. The summed E-state index contributed by atoms with van der Waals surface area (Å²) in [5, 5.41) is 21.4. The number of phenols is 1. The minimum atomic E-state index is -0.621. The van der Waals surface area contributed by atoms with E-state index in [0.29, 0.717) is 28.3 Å². The third kappa shape index (κ3) is 5.61. The number of carbonyl (C=O) groups excluding carboxylic acids is 1. The van der Waals surface area contributed by atoms with Crippen molar-refractivity contribution >= 4 is 17.7 Å². The molecule has 31 heavy (non-hydrogen) atoms. The summed E-state index contributed by atoms with van der Waals surface area (Å²) in [5.74, 6) is -0.123. The summed E-state index contributed by atoms with van der Waals surface area (Å²) in [7, 11) is 1.50. The van der Waals surface area contributed by atoms with Gasteiger partial charge in [0.1, 0.15) is 41.3 Å². The van der Waals surface area contributed by atoms with Crippen molar-refractivity contribution in [1.29, 1.82) is 5.26 Å². The Kier molecular flexibility index (Phi) is 6.86. The second-order valence-corrected chi connectivity index (χ2v) is 6.45. The molecule has 7 heteroatoms. The van der Waals surface area contributed by atoms with Crippen molar-refractivity contribution < 1.29 is 23.8 Å². The highest BCUT2D eigenvalue weighted by atomic mass is 19.1. The summed E-state index contributed by atoms with van der Waals surface area (Å²) in [6, 6.07) is 18.9. The van der Waals surface area contributed by atoms with Crippen LogP contribution in [-0.4, -0.2) is 18.1 Å². The van der Waals surface area contributed by atoms with Crippen LogP contribution in [0.5, 0.6) is 17.2 Å². The van der Waals surface area contributed by atoms with E-state index in [2.05, 4.69) is 5.32 Å². The molecule has 0 aliphatic carbocycles. The predicted octanol–water partition coefficient (Wildman–Crippen LogP) is 4.66. The number of hydrogen-bond donors (Lipinski definition) is 2. The zero-order valence-electron chi connectivity index (χ0n) is 16.6. The number of benzene rings is 3. The number of aromatic hydroxyl groups is 1. The molecule has 3 aromatic rings. The quantitative estimate of drug-likeness (QED) is 0.331. The largest absolute Gasteiger partial charge is 0.508 e. The monoisotopic (exact) mass is 418 g/mol. The minimum Gasteiger partial charge on any atom is -0.508 e. The van der Waals surface area contributed by atoms with E-state index in [1.807, 2.05) is 6.07 Å².